The fourth-order valence-electron chi connectivity index (χ4n) is 2.76. The van der Waals surface area contributed by atoms with Gasteiger partial charge in [-0.2, -0.15) is 9.97 Å². The number of rotatable bonds is 9. The topological polar surface area (TPSA) is 114 Å². The van der Waals surface area contributed by atoms with Crippen molar-refractivity contribution in [2.45, 2.75) is 32.1 Å². The molecule has 0 aliphatic carbocycles. The molecule has 0 aromatic carbocycles. The van der Waals surface area contributed by atoms with Crippen LogP contribution in [0.15, 0.2) is 12.7 Å². The van der Waals surface area contributed by atoms with E-state index in [4.69, 9.17) is 15.2 Å². The lowest BCUT2D eigenvalue weighted by Gasteiger charge is -2.29. The highest BCUT2D eigenvalue weighted by Crippen LogP contribution is 2.38. The molecule has 0 bridgehead atoms. The Hall–Kier alpha value is -2.39. The first kappa shape index (κ1) is 18.9. The van der Waals surface area contributed by atoms with Crippen LogP contribution in [0.25, 0.3) is 0 Å². The van der Waals surface area contributed by atoms with Gasteiger partial charge >= 0.3 is 0 Å². The third-order valence-electron chi connectivity index (χ3n) is 3.87. The van der Waals surface area contributed by atoms with Gasteiger partial charge in [0.1, 0.15) is 11.9 Å². The Morgan fingerprint density at radius 2 is 2.24 bits per heavy atom. The molecule has 1 aromatic heterocycles. The SMILES string of the molecule is C=CCN(C)c1c(OCC)nc(N)nc1N(C=O)C1CCC(CO)O1. The lowest BCUT2D eigenvalue weighted by atomic mass is 10.2. The number of aliphatic hydroxyl groups is 1. The molecule has 9 heteroatoms. The first-order valence-electron chi connectivity index (χ1n) is 8.17. The van der Waals surface area contributed by atoms with Gasteiger partial charge in [0.15, 0.2) is 5.82 Å². The molecule has 0 saturated carbocycles. The van der Waals surface area contributed by atoms with Crippen LogP contribution in [0.2, 0.25) is 0 Å². The monoisotopic (exact) mass is 351 g/mol. The quantitative estimate of drug-likeness (QED) is 0.489. The summed E-state index contributed by atoms with van der Waals surface area (Å²) in [7, 11) is 1.82. The predicted octanol–water partition coefficient (Wildman–Crippen LogP) is 0.540. The van der Waals surface area contributed by atoms with Gasteiger partial charge < -0.3 is 25.2 Å². The lowest BCUT2D eigenvalue weighted by molar-refractivity contribution is -0.110. The minimum absolute atomic E-state index is 0.00208. The molecular formula is C16H25N5O4. The van der Waals surface area contributed by atoms with Crippen molar-refractivity contribution in [3.8, 4) is 5.88 Å². The number of ether oxygens (including phenoxy) is 2. The van der Waals surface area contributed by atoms with Crippen molar-refractivity contribution >= 4 is 23.9 Å². The van der Waals surface area contributed by atoms with Crippen LogP contribution < -0.4 is 20.3 Å². The normalized spacial score (nSPS) is 19.5. The molecule has 3 N–H and O–H groups in total. The van der Waals surface area contributed by atoms with E-state index in [2.05, 4.69) is 16.5 Å². The summed E-state index contributed by atoms with van der Waals surface area (Å²) in [5.74, 6) is 0.592. The van der Waals surface area contributed by atoms with Gasteiger partial charge in [-0.3, -0.25) is 9.69 Å². The number of aliphatic hydroxyl groups excluding tert-OH is 1. The summed E-state index contributed by atoms with van der Waals surface area (Å²) in [5.41, 5.74) is 6.34. The van der Waals surface area contributed by atoms with E-state index in [0.29, 0.717) is 43.9 Å². The van der Waals surface area contributed by atoms with Crippen molar-refractivity contribution in [3.05, 3.63) is 12.7 Å². The number of hydrogen-bond acceptors (Lipinski definition) is 8. The van der Waals surface area contributed by atoms with Crippen LogP contribution in [0, 0.1) is 0 Å². The predicted molar refractivity (Wildman–Crippen MR) is 94.6 cm³/mol. The number of aromatic nitrogens is 2. The second-order valence-electron chi connectivity index (χ2n) is 5.65. The number of likely N-dealkylation sites (N-methyl/N-ethyl adjacent to an activating group) is 1. The number of carbonyl (C=O) groups is 1. The summed E-state index contributed by atoms with van der Waals surface area (Å²) < 4.78 is 11.3. The van der Waals surface area contributed by atoms with E-state index in [1.807, 2.05) is 18.9 Å². The average molecular weight is 351 g/mol. The minimum atomic E-state index is -0.533. The summed E-state index contributed by atoms with van der Waals surface area (Å²) in [6.45, 7) is 6.35. The second kappa shape index (κ2) is 8.63. The van der Waals surface area contributed by atoms with Crippen molar-refractivity contribution in [1.82, 2.24) is 9.97 Å². The molecule has 2 unspecified atom stereocenters. The molecule has 25 heavy (non-hydrogen) atoms. The number of carbonyl (C=O) groups excluding carboxylic acids is 1. The molecule has 1 amide bonds. The smallest absolute Gasteiger partial charge is 0.244 e. The fraction of sp³-hybridized carbons (Fsp3) is 0.562. The van der Waals surface area contributed by atoms with Gasteiger partial charge in [-0.1, -0.05) is 6.08 Å². The Kier molecular flexibility index (Phi) is 6.54. The Morgan fingerprint density at radius 1 is 1.48 bits per heavy atom. The van der Waals surface area contributed by atoms with Crippen LogP contribution >= 0.6 is 0 Å². The van der Waals surface area contributed by atoms with Crippen molar-refractivity contribution in [2.24, 2.45) is 0 Å². The first-order chi connectivity index (χ1) is 12.0. The van der Waals surface area contributed by atoms with E-state index in [1.54, 1.807) is 6.08 Å². The van der Waals surface area contributed by atoms with Crippen molar-refractivity contribution in [2.75, 3.05) is 42.3 Å². The van der Waals surface area contributed by atoms with E-state index in [0.717, 1.165) is 0 Å². The molecule has 1 saturated heterocycles. The maximum atomic E-state index is 11.8. The van der Waals surface area contributed by atoms with Crippen LogP contribution in [0.5, 0.6) is 5.88 Å². The number of amides is 1. The van der Waals surface area contributed by atoms with Crippen molar-refractivity contribution in [1.29, 1.82) is 0 Å². The maximum Gasteiger partial charge on any atom is 0.244 e. The van der Waals surface area contributed by atoms with Crippen molar-refractivity contribution in [3.63, 3.8) is 0 Å². The van der Waals surface area contributed by atoms with Gasteiger partial charge in [-0.15, -0.1) is 6.58 Å². The molecule has 1 fully saturated rings. The van der Waals surface area contributed by atoms with E-state index < -0.39 is 6.23 Å². The molecule has 0 radical (unpaired) electrons. The standard InChI is InChI=1S/C16H25N5O4/c1-4-8-20(3)13-14(18-16(17)19-15(13)24-5-2)21(10-23)12-7-6-11(9-22)25-12/h4,10-12,22H,1,5-9H2,2-3H3,(H2,17,18,19). The van der Waals surface area contributed by atoms with E-state index in [-0.39, 0.29) is 24.5 Å². The van der Waals surface area contributed by atoms with Gasteiger partial charge in [-0.05, 0) is 19.8 Å². The van der Waals surface area contributed by atoms with E-state index >= 15 is 0 Å². The lowest BCUT2D eigenvalue weighted by Crippen LogP contribution is -2.37. The highest BCUT2D eigenvalue weighted by molar-refractivity contribution is 5.84. The highest BCUT2D eigenvalue weighted by atomic mass is 16.5. The molecule has 2 atom stereocenters. The van der Waals surface area contributed by atoms with Gasteiger partial charge in [0, 0.05) is 13.6 Å². The zero-order valence-electron chi connectivity index (χ0n) is 14.6. The number of nitrogens with two attached hydrogens (primary N) is 1. The van der Waals surface area contributed by atoms with Crippen LogP contribution in [0.1, 0.15) is 19.8 Å². The zero-order chi connectivity index (χ0) is 18.4. The van der Waals surface area contributed by atoms with Gasteiger partial charge in [0.2, 0.25) is 18.2 Å². The van der Waals surface area contributed by atoms with Gasteiger partial charge in [0.25, 0.3) is 0 Å². The first-order valence-corrected chi connectivity index (χ1v) is 8.17. The molecule has 1 aromatic rings. The van der Waals surface area contributed by atoms with Crippen LogP contribution in [-0.2, 0) is 9.53 Å². The summed E-state index contributed by atoms with van der Waals surface area (Å²) in [5, 5.41) is 9.26. The fourth-order valence-corrected chi connectivity index (χ4v) is 2.76. The summed E-state index contributed by atoms with van der Waals surface area (Å²) in [6, 6.07) is 0. The Bertz CT molecular complexity index is 612. The zero-order valence-corrected chi connectivity index (χ0v) is 14.6. The third-order valence-corrected chi connectivity index (χ3v) is 3.87. The van der Waals surface area contributed by atoms with Crippen LogP contribution in [0.3, 0.4) is 0 Å². The van der Waals surface area contributed by atoms with Gasteiger partial charge in [-0.25, -0.2) is 0 Å². The molecule has 1 aliphatic rings. The number of nitrogen functional groups attached to an aromatic ring is 1. The highest BCUT2D eigenvalue weighted by Gasteiger charge is 2.33. The molecule has 2 heterocycles. The maximum absolute atomic E-state index is 11.8. The summed E-state index contributed by atoms with van der Waals surface area (Å²) in [4.78, 5) is 23.4. The second-order valence-corrected chi connectivity index (χ2v) is 5.65. The largest absolute Gasteiger partial charge is 0.476 e. The van der Waals surface area contributed by atoms with E-state index in [1.165, 1.54) is 4.90 Å². The third kappa shape index (κ3) is 4.18. The molecule has 2 rings (SSSR count). The minimum Gasteiger partial charge on any atom is -0.476 e. The van der Waals surface area contributed by atoms with Crippen LogP contribution in [0.4, 0.5) is 17.5 Å². The Labute approximate surface area is 147 Å². The number of hydrogen-bond donors (Lipinski definition) is 2. The number of anilines is 3. The van der Waals surface area contributed by atoms with Crippen molar-refractivity contribution < 1.29 is 19.4 Å². The molecule has 138 valence electrons. The number of nitrogens with zero attached hydrogens (tertiary/aromatic N) is 4. The summed E-state index contributed by atoms with van der Waals surface area (Å²) in [6.07, 6.45) is 2.77. The molecular weight excluding hydrogens is 326 g/mol. The average Bonchev–Trinajstić information content (AvgIpc) is 3.04. The molecule has 1 aliphatic heterocycles. The van der Waals surface area contributed by atoms with Gasteiger partial charge in [0.05, 0.1) is 19.3 Å². The Balaban J connectivity index is 2.48. The van der Waals surface area contributed by atoms with E-state index in [9.17, 15) is 9.90 Å². The molecule has 9 nitrogen and oxygen atoms in total. The Morgan fingerprint density at radius 3 is 2.80 bits per heavy atom. The summed E-state index contributed by atoms with van der Waals surface area (Å²) >= 11 is 0. The van der Waals surface area contributed by atoms with Crippen LogP contribution in [-0.4, -0.2) is 60.6 Å². The molecule has 0 spiro atoms.